The predicted octanol–water partition coefficient (Wildman–Crippen LogP) is 2.00. The van der Waals surface area contributed by atoms with E-state index in [4.69, 9.17) is 5.73 Å². The Morgan fingerprint density at radius 1 is 1.29 bits per heavy atom. The third kappa shape index (κ3) is 2.87. The van der Waals surface area contributed by atoms with Gasteiger partial charge in [-0.05, 0) is 5.56 Å². The minimum absolute atomic E-state index is 0.00194. The van der Waals surface area contributed by atoms with E-state index in [2.05, 4.69) is 29.1 Å². The van der Waals surface area contributed by atoms with Crippen LogP contribution in [0.3, 0.4) is 0 Å². The summed E-state index contributed by atoms with van der Waals surface area (Å²) in [6.07, 6.45) is 1.56. The molecule has 2 N–H and O–H groups in total. The lowest BCUT2D eigenvalue weighted by atomic mass is 10.1. The summed E-state index contributed by atoms with van der Waals surface area (Å²) in [6.45, 7) is 2.11. The van der Waals surface area contributed by atoms with Gasteiger partial charge in [0.2, 0.25) is 0 Å². The van der Waals surface area contributed by atoms with Crippen molar-refractivity contribution in [2.75, 3.05) is 0 Å². The molecule has 2 unspecified atom stereocenters. The number of nitrogens with zero attached hydrogens (tertiary/aromatic N) is 3. The number of aromatic nitrogens is 3. The van der Waals surface area contributed by atoms with Crippen LogP contribution in [0, 0.1) is 0 Å². The van der Waals surface area contributed by atoms with Gasteiger partial charge < -0.3 is 5.73 Å². The van der Waals surface area contributed by atoms with E-state index in [1.54, 1.807) is 22.8 Å². The zero-order chi connectivity index (χ0) is 12.3. The Morgan fingerprint density at radius 2 is 2.00 bits per heavy atom. The zero-order valence-corrected chi connectivity index (χ0v) is 10.8. The van der Waals surface area contributed by atoms with Crippen LogP contribution in [-0.2, 0) is 7.05 Å². The normalized spacial score (nSPS) is 14.5. The minimum atomic E-state index is -0.00194. The van der Waals surface area contributed by atoms with Gasteiger partial charge in [-0.2, -0.15) is 5.10 Å². The SMILES string of the molecule is CC(Sc1ncnn1C)C(N)c1ccccc1. The molecule has 17 heavy (non-hydrogen) atoms. The van der Waals surface area contributed by atoms with Crippen molar-refractivity contribution in [3.8, 4) is 0 Å². The second-order valence-electron chi connectivity index (χ2n) is 3.93. The molecule has 5 heteroatoms. The number of hydrogen-bond donors (Lipinski definition) is 1. The first-order chi connectivity index (χ1) is 8.18. The van der Waals surface area contributed by atoms with Crippen molar-refractivity contribution in [1.29, 1.82) is 0 Å². The van der Waals surface area contributed by atoms with Crippen LogP contribution in [0.15, 0.2) is 41.8 Å². The van der Waals surface area contributed by atoms with Crippen LogP contribution in [-0.4, -0.2) is 20.0 Å². The molecule has 0 aliphatic heterocycles. The first-order valence-electron chi connectivity index (χ1n) is 5.49. The summed E-state index contributed by atoms with van der Waals surface area (Å²) < 4.78 is 1.76. The number of nitrogens with two attached hydrogens (primary N) is 1. The lowest BCUT2D eigenvalue weighted by Gasteiger charge is -2.19. The van der Waals surface area contributed by atoms with E-state index < -0.39 is 0 Å². The molecule has 4 nitrogen and oxygen atoms in total. The molecule has 1 aromatic heterocycles. The number of hydrogen-bond acceptors (Lipinski definition) is 4. The van der Waals surface area contributed by atoms with Crippen LogP contribution in [0.25, 0.3) is 0 Å². The summed E-state index contributed by atoms with van der Waals surface area (Å²) in [6, 6.07) is 10.1. The Morgan fingerprint density at radius 3 is 2.59 bits per heavy atom. The quantitative estimate of drug-likeness (QED) is 0.841. The Balaban J connectivity index is 2.06. The Bertz CT molecular complexity index is 468. The highest BCUT2D eigenvalue weighted by molar-refractivity contribution is 7.99. The molecule has 0 saturated carbocycles. The van der Waals surface area contributed by atoms with Gasteiger partial charge in [-0.3, -0.25) is 0 Å². The smallest absolute Gasteiger partial charge is 0.186 e. The summed E-state index contributed by atoms with van der Waals surface area (Å²) in [5.41, 5.74) is 7.37. The van der Waals surface area contributed by atoms with Crippen LogP contribution in [0.1, 0.15) is 18.5 Å². The summed E-state index contributed by atoms with van der Waals surface area (Å²) in [5.74, 6) is 0. The lowest BCUT2D eigenvalue weighted by molar-refractivity contribution is 0.670. The largest absolute Gasteiger partial charge is 0.323 e. The molecule has 0 saturated heterocycles. The Hall–Kier alpha value is -1.33. The molecule has 0 amide bonds. The highest BCUT2D eigenvalue weighted by Crippen LogP contribution is 2.28. The second-order valence-corrected chi connectivity index (χ2v) is 5.27. The molecule has 2 atom stereocenters. The van der Waals surface area contributed by atoms with Crippen LogP contribution in [0.4, 0.5) is 0 Å². The minimum Gasteiger partial charge on any atom is -0.323 e. The lowest BCUT2D eigenvalue weighted by Crippen LogP contribution is -2.21. The Kier molecular flexibility index (Phi) is 3.81. The van der Waals surface area contributed by atoms with Crippen LogP contribution < -0.4 is 5.73 Å². The van der Waals surface area contributed by atoms with Crippen molar-refractivity contribution in [2.24, 2.45) is 12.8 Å². The standard InChI is InChI=1S/C12H16N4S/c1-9(17-12-14-8-15-16(12)2)11(13)10-6-4-3-5-7-10/h3-9,11H,13H2,1-2H3. The molecule has 2 aromatic rings. The molecule has 0 spiro atoms. The van der Waals surface area contributed by atoms with Gasteiger partial charge in [0.05, 0.1) is 0 Å². The molecule has 1 heterocycles. The molecule has 0 radical (unpaired) electrons. The maximum atomic E-state index is 6.23. The van der Waals surface area contributed by atoms with Crippen LogP contribution in [0.5, 0.6) is 0 Å². The molecule has 90 valence electrons. The fourth-order valence-electron chi connectivity index (χ4n) is 1.58. The maximum absolute atomic E-state index is 6.23. The summed E-state index contributed by atoms with van der Waals surface area (Å²) in [7, 11) is 1.89. The summed E-state index contributed by atoms with van der Waals surface area (Å²) in [5, 5.41) is 5.19. The van der Waals surface area contributed by atoms with E-state index in [0.717, 1.165) is 10.7 Å². The van der Waals surface area contributed by atoms with Gasteiger partial charge >= 0.3 is 0 Å². The van der Waals surface area contributed by atoms with Gasteiger partial charge in [0.15, 0.2) is 5.16 Å². The monoisotopic (exact) mass is 248 g/mol. The highest BCUT2D eigenvalue weighted by atomic mass is 32.2. The van der Waals surface area contributed by atoms with Crippen molar-refractivity contribution < 1.29 is 0 Å². The average Bonchev–Trinajstić information content (AvgIpc) is 2.75. The number of thioether (sulfide) groups is 1. The van der Waals surface area contributed by atoms with Gasteiger partial charge in [-0.15, -0.1) is 0 Å². The van der Waals surface area contributed by atoms with E-state index in [1.165, 1.54) is 0 Å². The fraction of sp³-hybridized carbons (Fsp3) is 0.333. The van der Waals surface area contributed by atoms with Crippen molar-refractivity contribution in [2.45, 2.75) is 23.4 Å². The molecular formula is C12H16N4S. The third-order valence-electron chi connectivity index (χ3n) is 2.65. The molecule has 1 aromatic carbocycles. The summed E-state index contributed by atoms with van der Waals surface area (Å²) in [4.78, 5) is 4.19. The molecule has 0 fully saturated rings. The van der Waals surface area contributed by atoms with Gasteiger partial charge in [-0.1, -0.05) is 49.0 Å². The Labute approximate surface area is 105 Å². The van der Waals surface area contributed by atoms with E-state index in [9.17, 15) is 0 Å². The average molecular weight is 248 g/mol. The van der Waals surface area contributed by atoms with E-state index in [-0.39, 0.29) is 11.3 Å². The molecule has 0 aliphatic carbocycles. The molecular weight excluding hydrogens is 232 g/mol. The second kappa shape index (κ2) is 5.33. The van der Waals surface area contributed by atoms with E-state index in [1.807, 2.05) is 25.2 Å². The zero-order valence-electron chi connectivity index (χ0n) is 9.95. The third-order valence-corrected chi connectivity index (χ3v) is 3.90. The highest BCUT2D eigenvalue weighted by Gasteiger charge is 2.17. The van der Waals surface area contributed by atoms with Gasteiger partial charge in [0.25, 0.3) is 0 Å². The molecule has 0 bridgehead atoms. The number of benzene rings is 1. The van der Waals surface area contributed by atoms with E-state index in [0.29, 0.717) is 0 Å². The van der Waals surface area contributed by atoms with E-state index >= 15 is 0 Å². The number of rotatable bonds is 4. The van der Waals surface area contributed by atoms with Gasteiger partial charge in [-0.25, -0.2) is 9.67 Å². The summed E-state index contributed by atoms with van der Waals surface area (Å²) >= 11 is 1.64. The first-order valence-corrected chi connectivity index (χ1v) is 6.37. The van der Waals surface area contributed by atoms with Crippen LogP contribution in [0.2, 0.25) is 0 Å². The topological polar surface area (TPSA) is 56.7 Å². The van der Waals surface area contributed by atoms with Crippen molar-refractivity contribution >= 4 is 11.8 Å². The maximum Gasteiger partial charge on any atom is 0.186 e. The fourth-order valence-corrected chi connectivity index (χ4v) is 2.52. The number of aryl methyl sites for hydroxylation is 1. The van der Waals surface area contributed by atoms with Crippen molar-refractivity contribution in [3.63, 3.8) is 0 Å². The van der Waals surface area contributed by atoms with Crippen molar-refractivity contribution in [3.05, 3.63) is 42.2 Å². The first kappa shape index (κ1) is 12.1. The van der Waals surface area contributed by atoms with Crippen molar-refractivity contribution in [1.82, 2.24) is 14.8 Å². The molecule has 0 aliphatic rings. The predicted molar refractivity (Wildman–Crippen MR) is 69.7 cm³/mol. The van der Waals surface area contributed by atoms with Gasteiger partial charge in [0.1, 0.15) is 6.33 Å². The van der Waals surface area contributed by atoms with Crippen LogP contribution >= 0.6 is 11.8 Å². The molecule has 2 rings (SSSR count). The van der Waals surface area contributed by atoms with Gasteiger partial charge in [0, 0.05) is 18.3 Å².